The number of amidine groups is 1. The second-order valence-electron chi connectivity index (χ2n) is 4.81. The maximum Gasteiger partial charge on any atom is 0.407 e. The highest BCUT2D eigenvalue weighted by molar-refractivity contribution is 5.83. The first-order valence-electron chi connectivity index (χ1n) is 5.95. The Morgan fingerprint density at radius 2 is 2.29 bits per heavy atom. The van der Waals surface area contributed by atoms with E-state index in [-0.39, 0.29) is 17.8 Å². The van der Waals surface area contributed by atoms with Crippen LogP contribution in [0.2, 0.25) is 0 Å². The molecule has 4 N–H and O–H groups in total. The second kappa shape index (κ2) is 6.32. The third-order valence-electron chi connectivity index (χ3n) is 2.86. The molecule has 6 nitrogen and oxygen atoms in total. The summed E-state index contributed by atoms with van der Waals surface area (Å²) >= 11 is 0. The highest BCUT2D eigenvalue weighted by atomic mass is 16.5. The number of amides is 1. The Kier molecular flexibility index (Phi) is 5.06. The zero-order chi connectivity index (χ0) is 12.8. The molecule has 2 unspecified atom stereocenters. The van der Waals surface area contributed by atoms with Crippen LogP contribution in [0.4, 0.5) is 4.79 Å². The lowest BCUT2D eigenvalue weighted by Gasteiger charge is -2.19. The molecular weight excluding hydrogens is 222 g/mol. The number of nitrogens with zero attached hydrogens (tertiary/aromatic N) is 1. The molecule has 1 fully saturated rings. The van der Waals surface area contributed by atoms with Crippen LogP contribution in [-0.2, 0) is 4.74 Å². The van der Waals surface area contributed by atoms with E-state index in [1.807, 2.05) is 13.8 Å². The molecule has 0 spiro atoms. The van der Waals surface area contributed by atoms with Crippen molar-refractivity contribution in [1.82, 2.24) is 5.32 Å². The van der Waals surface area contributed by atoms with Gasteiger partial charge in [-0.1, -0.05) is 25.4 Å². The standard InChI is InChI=1S/C11H21N3O3/c1-7(2)6-17-11(15)13-9-5-3-4-8(9)10(12)14-16/h7-9,16H,3-6H2,1-2H3,(H2,12,14)(H,13,15). The van der Waals surface area contributed by atoms with Gasteiger partial charge in [-0.3, -0.25) is 0 Å². The summed E-state index contributed by atoms with van der Waals surface area (Å²) in [5.41, 5.74) is 5.57. The van der Waals surface area contributed by atoms with Crippen LogP contribution in [0.3, 0.4) is 0 Å². The van der Waals surface area contributed by atoms with Crippen molar-refractivity contribution in [3.05, 3.63) is 0 Å². The lowest BCUT2D eigenvalue weighted by atomic mass is 10.0. The van der Waals surface area contributed by atoms with Gasteiger partial charge < -0.3 is 21.0 Å². The molecule has 0 aromatic rings. The molecule has 2 atom stereocenters. The normalized spacial score (nSPS) is 25.0. The van der Waals surface area contributed by atoms with Gasteiger partial charge in [-0.05, 0) is 18.8 Å². The number of nitrogens with one attached hydrogen (secondary N) is 1. The first-order valence-corrected chi connectivity index (χ1v) is 5.95. The minimum Gasteiger partial charge on any atom is -0.449 e. The molecule has 6 heteroatoms. The van der Waals surface area contributed by atoms with Gasteiger partial charge in [0.15, 0.2) is 0 Å². The number of hydrogen-bond donors (Lipinski definition) is 3. The molecule has 0 bridgehead atoms. The van der Waals surface area contributed by atoms with E-state index >= 15 is 0 Å². The summed E-state index contributed by atoms with van der Waals surface area (Å²) in [6, 6.07) is -0.0921. The van der Waals surface area contributed by atoms with E-state index in [2.05, 4.69) is 10.5 Å². The average molecular weight is 243 g/mol. The summed E-state index contributed by atoms with van der Waals surface area (Å²) in [6.07, 6.45) is 2.18. The SMILES string of the molecule is CC(C)COC(=O)NC1CCCC1C(N)=NO. The molecular formula is C11H21N3O3. The number of carbonyl (C=O) groups excluding carboxylic acids is 1. The Balaban J connectivity index is 2.42. The van der Waals surface area contributed by atoms with Gasteiger partial charge in [0, 0.05) is 12.0 Å². The third-order valence-corrected chi connectivity index (χ3v) is 2.86. The van der Waals surface area contributed by atoms with E-state index < -0.39 is 6.09 Å². The molecule has 0 saturated heterocycles. The minimum absolute atomic E-state index is 0.0911. The van der Waals surface area contributed by atoms with Gasteiger partial charge in [0.05, 0.1) is 6.61 Å². The summed E-state index contributed by atoms with van der Waals surface area (Å²) in [5.74, 6) is 0.396. The molecule has 0 radical (unpaired) electrons. The van der Waals surface area contributed by atoms with Crippen molar-refractivity contribution in [3.8, 4) is 0 Å². The molecule has 1 amide bonds. The smallest absolute Gasteiger partial charge is 0.407 e. The number of hydrogen-bond acceptors (Lipinski definition) is 4. The van der Waals surface area contributed by atoms with E-state index in [0.717, 1.165) is 19.3 Å². The van der Waals surface area contributed by atoms with Crippen molar-refractivity contribution in [3.63, 3.8) is 0 Å². The molecule has 1 aliphatic carbocycles. The zero-order valence-electron chi connectivity index (χ0n) is 10.3. The molecule has 0 aromatic heterocycles. The van der Waals surface area contributed by atoms with Crippen LogP contribution in [0.5, 0.6) is 0 Å². The van der Waals surface area contributed by atoms with Gasteiger partial charge in [0.25, 0.3) is 0 Å². The van der Waals surface area contributed by atoms with Crippen molar-refractivity contribution >= 4 is 11.9 Å². The van der Waals surface area contributed by atoms with E-state index in [1.165, 1.54) is 0 Å². The molecule has 1 saturated carbocycles. The highest BCUT2D eigenvalue weighted by Gasteiger charge is 2.32. The summed E-state index contributed by atoms with van der Waals surface area (Å²) in [5, 5.41) is 14.4. The fourth-order valence-corrected chi connectivity index (χ4v) is 2.00. The molecule has 0 aliphatic heterocycles. The van der Waals surface area contributed by atoms with Gasteiger partial charge in [-0.25, -0.2) is 4.79 Å². The lowest BCUT2D eigenvalue weighted by Crippen LogP contribution is -2.42. The summed E-state index contributed by atoms with van der Waals surface area (Å²) in [6.45, 7) is 4.34. The van der Waals surface area contributed by atoms with Gasteiger partial charge in [0.2, 0.25) is 0 Å². The molecule has 98 valence electrons. The number of carbonyl (C=O) groups is 1. The van der Waals surface area contributed by atoms with E-state index in [9.17, 15) is 4.79 Å². The van der Waals surface area contributed by atoms with Crippen molar-refractivity contribution in [2.24, 2.45) is 22.7 Å². The fraction of sp³-hybridized carbons (Fsp3) is 0.818. The van der Waals surface area contributed by atoms with E-state index in [0.29, 0.717) is 12.5 Å². The Morgan fingerprint density at radius 3 is 2.88 bits per heavy atom. The fourth-order valence-electron chi connectivity index (χ4n) is 2.00. The monoisotopic (exact) mass is 243 g/mol. The largest absolute Gasteiger partial charge is 0.449 e. The maximum atomic E-state index is 11.5. The lowest BCUT2D eigenvalue weighted by molar-refractivity contribution is 0.128. The Hall–Kier alpha value is -1.46. The Labute approximate surface area is 101 Å². The Bertz CT molecular complexity index is 292. The molecule has 0 aromatic carbocycles. The maximum absolute atomic E-state index is 11.5. The van der Waals surface area contributed by atoms with Crippen LogP contribution in [-0.4, -0.2) is 29.8 Å². The van der Waals surface area contributed by atoms with Crippen LogP contribution >= 0.6 is 0 Å². The molecule has 1 aliphatic rings. The van der Waals surface area contributed by atoms with Crippen LogP contribution < -0.4 is 11.1 Å². The molecule has 0 heterocycles. The van der Waals surface area contributed by atoms with Crippen LogP contribution in [0.25, 0.3) is 0 Å². The van der Waals surface area contributed by atoms with Crippen LogP contribution in [0, 0.1) is 11.8 Å². The topological polar surface area (TPSA) is 96.9 Å². The first kappa shape index (κ1) is 13.6. The second-order valence-corrected chi connectivity index (χ2v) is 4.81. The van der Waals surface area contributed by atoms with Crippen molar-refractivity contribution in [1.29, 1.82) is 0 Å². The number of nitrogens with two attached hydrogens (primary N) is 1. The van der Waals surface area contributed by atoms with E-state index in [1.54, 1.807) is 0 Å². The molecule has 1 rings (SSSR count). The highest BCUT2D eigenvalue weighted by Crippen LogP contribution is 2.25. The summed E-state index contributed by atoms with van der Waals surface area (Å²) in [7, 11) is 0. The zero-order valence-corrected chi connectivity index (χ0v) is 10.3. The van der Waals surface area contributed by atoms with Crippen molar-refractivity contribution < 1.29 is 14.7 Å². The summed E-state index contributed by atoms with van der Waals surface area (Å²) < 4.78 is 5.03. The predicted octanol–water partition coefficient (Wildman–Crippen LogP) is 1.28. The predicted molar refractivity (Wildman–Crippen MR) is 63.9 cm³/mol. The minimum atomic E-state index is -0.429. The average Bonchev–Trinajstić information content (AvgIpc) is 2.73. The van der Waals surface area contributed by atoms with Crippen LogP contribution in [0.1, 0.15) is 33.1 Å². The number of ether oxygens (including phenoxy) is 1. The third kappa shape index (κ3) is 4.13. The Morgan fingerprint density at radius 1 is 1.59 bits per heavy atom. The molecule has 17 heavy (non-hydrogen) atoms. The van der Waals surface area contributed by atoms with Gasteiger partial charge in [-0.15, -0.1) is 0 Å². The quantitative estimate of drug-likeness (QED) is 0.300. The van der Waals surface area contributed by atoms with E-state index in [4.69, 9.17) is 15.7 Å². The summed E-state index contributed by atoms with van der Waals surface area (Å²) in [4.78, 5) is 11.5. The van der Waals surface area contributed by atoms with Gasteiger partial charge >= 0.3 is 6.09 Å². The van der Waals surface area contributed by atoms with Gasteiger partial charge in [0.1, 0.15) is 5.84 Å². The number of alkyl carbamates (subject to hydrolysis) is 1. The van der Waals surface area contributed by atoms with Crippen LogP contribution in [0.15, 0.2) is 5.16 Å². The first-order chi connectivity index (χ1) is 8.04. The number of rotatable bonds is 4. The number of oxime groups is 1. The van der Waals surface area contributed by atoms with Crippen molar-refractivity contribution in [2.45, 2.75) is 39.2 Å². The van der Waals surface area contributed by atoms with Crippen molar-refractivity contribution in [2.75, 3.05) is 6.61 Å². The van der Waals surface area contributed by atoms with Gasteiger partial charge in [-0.2, -0.15) is 0 Å².